The molecule has 29 heavy (non-hydrogen) atoms. The minimum absolute atomic E-state index is 0.286. The molecule has 0 amide bonds. The number of nitriles is 2. The molecule has 1 aromatic heterocycles. The number of aromatic nitrogens is 3. The molecule has 4 rings (SSSR count). The Morgan fingerprint density at radius 1 is 0.793 bits per heavy atom. The van der Waals surface area contributed by atoms with E-state index in [1.165, 1.54) is 0 Å². The second kappa shape index (κ2) is 7.67. The molecule has 138 valence electrons. The first-order valence-electron chi connectivity index (χ1n) is 8.89. The smallest absolute Gasteiger partial charge is 0.168 e. The molecule has 3 aromatic carbocycles. The van der Waals surface area contributed by atoms with Gasteiger partial charge in [-0.15, -0.1) is 10.2 Å². The molecule has 0 radical (unpaired) electrons. The monoisotopic (exact) mass is 377 g/mol. The first kappa shape index (κ1) is 18.0. The Labute approximate surface area is 167 Å². The van der Waals surface area contributed by atoms with Crippen LogP contribution in [-0.4, -0.2) is 14.8 Å². The Hall–Kier alpha value is -4.42. The average Bonchev–Trinajstić information content (AvgIpc) is 3.16. The van der Waals surface area contributed by atoms with Crippen molar-refractivity contribution in [3.8, 4) is 40.7 Å². The van der Waals surface area contributed by atoms with Gasteiger partial charge < -0.3 is 4.74 Å². The lowest BCUT2D eigenvalue weighted by Crippen LogP contribution is -2.00. The Balaban J connectivity index is 1.63. The Kier molecular flexibility index (Phi) is 4.75. The lowest BCUT2D eigenvalue weighted by molar-refractivity contribution is 0.482. The van der Waals surface area contributed by atoms with Crippen molar-refractivity contribution in [2.75, 3.05) is 0 Å². The quantitative estimate of drug-likeness (QED) is 0.511. The van der Waals surface area contributed by atoms with Gasteiger partial charge in [0.15, 0.2) is 5.82 Å². The van der Waals surface area contributed by atoms with Crippen LogP contribution in [0.15, 0.2) is 72.8 Å². The van der Waals surface area contributed by atoms with Crippen LogP contribution in [0.25, 0.3) is 17.1 Å². The maximum Gasteiger partial charge on any atom is 0.168 e. The van der Waals surface area contributed by atoms with Gasteiger partial charge in [0.1, 0.15) is 29.5 Å². The molecule has 0 aliphatic heterocycles. The predicted octanol–water partition coefficient (Wildman–Crippen LogP) is 4.78. The Bertz CT molecular complexity index is 1250. The minimum atomic E-state index is 0.286. The zero-order valence-electron chi connectivity index (χ0n) is 15.6. The largest absolute Gasteiger partial charge is 0.457 e. The summed E-state index contributed by atoms with van der Waals surface area (Å²) >= 11 is 0. The van der Waals surface area contributed by atoms with Gasteiger partial charge in [-0.25, -0.2) is 0 Å². The van der Waals surface area contributed by atoms with E-state index in [0.717, 1.165) is 22.9 Å². The summed E-state index contributed by atoms with van der Waals surface area (Å²) in [6.07, 6.45) is 0. The topological polar surface area (TPSA) is 87.5 Å². The summed E-state index contributed by atoms with van der Waals surface area (Å²) in [6, 6.07) is 26.2. The van der Waals surface area contributed by atoms with Gasteiger partial charge in [-0.2, -0.15) is 10.5 Å². The number of nitrogens with zero attached hydrogens (tertiary/aromatic N) is 5. The molecule has 0 unspecified atom stereocenters. The van der Waals surface area contributed by atoms with Crippen molar-refractivity contribution in [2.45, 2.75) is 6.92 Å². The van der Waals surface area contributed by atoms with Crippen molar-refractivity contribution in [1.29, 1.82) is 10.5 Å². The molecule has 0 fully saturated rings. The molecule has 1 heterocycles. The van der Waals surface area contributed by atoms with Gasteiger partial charge >= 0.3 is 0 Å². The number of rotatable bonds is 4. The van der Waals surface area contributed by atoms with E-state index in [1.807, 2.05) is 78.2 Å². The van der Waals surface area contributed by atoms with Crippen molar-refractivity contribution < 1.29 is 4.74 Å². The molecule has 0 aliphatic rings. The van der Waals surface area contributed by atoms with E-state index < -0.39 is 0 Å². The first-order chi connectivity index (χ1) is 14.2. The first-order valence-corrected chi connectivity index (χ1v) is 8.89. The Morgan fingerprint density at radius 2 is 1.48 bits per heavy atom. The third-order valence-electron chi connectivity index (χ3n) is 4.42. The maximum atomic E-state index is 9.16. The van der Waals surface area contributed by atoms with Crippen LogP contribution in [0.3, 0.4) is 0 Å². The van der Waals surface area contributed by atoms with E-state index in [1.54, 1.807) is 18.2 Å². The fourth-order valence-electron chi connectivity index (χ4n) is 3.02. The highest BCUT2D eigenvalue weighted by Gasteiger charge is 2.13. The summed E-state index contributed by atoms with van der Waals surface area (Å²) in [5.41, 5.74) is 2.51. The zero-order chi connectivity index (χ0) is 20.2. The van der Waals surface area contributed by atoms with Crippen LogP contribution in [0.5, 0.6) is 11.5 Å². The fourth-order valence-corrected chi connectivity index (χ4v) is 3.02. The minimum Gasteiger partial charge on any atom is -0.457 e. The van der Waals surface area contributed by atoms with Crippen molar-refractivity contribution in [3.05, 3.63) is 89.7 Å². The number of aryl methyl sites for hydroxylation is 1. The van der Waals surface area contributed by atoms with Crippen molar-refractivity contribution >= 4 is 0 Å². The number of benzene rings is 3. The van der Waals surface area contributed by atoms with Crippen LogP contribution in [0, 0.1) is 29.6 Å². The third kappa shape index (κ3) is 3.55. The van der Waals surface area contributed by atoms with Crippen molar-refractivity contribution in [3.63, 3.8) is 0 Å². The van der Waals surface area contributed by atoms with E-state index in [-0.39, 0.29) is 5.56 Å². The standard InChI is InChI=1S/C23H15N5O/c1-16-26-27-23(17-5-3-2-4-6-17)28(16)20-8-11-21(12-9-20)29-22-10-7-18(14-24)19(13-22)15-25/h2-13H,1H3. The lowest BCUT2D eigenvalue weighted by atomic mass is 10.1. The Morgan fingerprint density at radius 3 is 2.17 bits per heavy atom. The van der Waals surface area contributed by atoms with Crippen LogP contribution in [-0.2, 0) is 0 Å². The zero-order valence-corrected chi connectivity index (χ0v) is 15.6. The number of ether oxygens (including phenoxy) is 1. The molecule has 6 nitrogen and oxygen atoms in total. The van der Waals surface area contributed by atoms with Gasteiger partial charge in [0.05, 0.1) is 11.1 Å². The van der Waals surface area contributed by atoms with E-state index in [0.29, 0.717) is 17.1 Å². The normalized spacial score (nSPS) is 10.2. The summed E-state index contributed by atoms with van der Waals surface area (Å²) in [7, 11) is 0. The van der Waals surface area contributed by atoms with Gasteiger partial charge in [0.2, 0.25) is 0 Å². The molecule has 6 heteroatoms. The molecule has 0 atom stereocenters. The maximum absolute atomic E-state index is 9.16. The van der Waals surface area contributed by atoms with E-state index in [9.17, 15) is 0 Å². The SMILES string of the molecule is Cc1nnc(-c2ccccc2)n1-c1ccc(Oc2ccc(C#N)c(C#N)c2)cc1. The third-order valence-corrected chi connectivity index (χ3v) is 4.42. The van der Waals surface area contributed by atoms with Crippen LogP contribution in [0.1, 0.15) is 17.0 Å². The summed E-state index contributed by atoms with van der Waals surface area (Å²) in [5, 5.41) is 26.7. The highest BCUT2D eigenvalue weighted by Crippen LogP contribution is 2.27. The van der Waals surface area contributed by atoms with Gasteiger partial charge in [-0.1, -0.05) is 30.3 Å². The molecular formula is C23H15N5O. The number of hydrogen-bond acceptors (Lipinski definition) is 5. The van der Waals surface area contributed by atoms with Crippen LogP contribution in [0.2, 0.25) is 0 Å². The predicted molar refractivity (Wildman–Crippen MR) is 107 cm³/mol. The van der Waals surface area contributed by atoms with Gasteiger partial charge in [-0.05, 0) is 49.4 Å². The molecule has 0 bridgehead atoms. The second-order valence-corrected chi connectivity index (χ2v) is 6.30. The molecule has 0 aliphatic carbocycles. The van der Waals surface area contributed by atoms with Crippen molar-refractivity contribution in [1.82, 2.24) is 14.8 Å². The second-order valence-electron chi connectivity index (χ2n) is 6.30. The fraction of sp³-hybridized carbons (Fsp3) is 0.0435. The molecule has 0 spiro atoms. The lowest BCUT2D eigenvalue weighted by Gasteiger charge is -2.11. The average molecular weight is 377 g/mol. The van der Waals surface area contributed by atoms with Gasteiger partial charge in [-0.3, -0.25) is 4.57 Å². The van der Waals surface area contributed by atoms with E-state index >= 15 is 0 Å². The number of hydrogen-bond donors (Lipinski definition) is 0. The highest BCUT2D eigenvalue weighted by molar-refractivity contribution is 5.59. The van der Waals surface area contributed by atoms with E-state index in [2.05, 4.69) is 10.2 Å². The van der Waals surface area contributed by atoms with Crippen LogP contribution < -0.4 is 4.74 Å². The van der Waals surface area contributed by atoms with Crippen molar-refractivity contribution in [2.24, 2.45) is 0 Å². The molecular weight excluding hydrogens is 362 g/mol. The summed E-state index contributed by atoms with van der Waals surface area (Å²) in [4.78, 5) is 0. The van der Waals surface area contributed by atoms with Crippen LogP contribution in [0.4, 0.5) is 0 Å². The summed E-state index contributed by atoms with van der Waals surface area (Å²) in [6.45, 7) is 1.91. The van der Waals surface area contributed by atoms with Gasteiger partial charge in [0.25, 0.3) is 0 Å². The van der Waals surface area contributed by atoms with Crippen LogP contribution >= 0.6 is 0 Å². The highest BCUT2D eigenvalue weighted by atomic mass is 16.5. The summed E-state index contributed by atoms with van der Waals surface area (Å²) in [5.74, 6) is 2.67. The molecule has 0 saturated heterocycles. The molecule has 0 N–H and O–H groups in total. The molecule has 4 aromatic rings. The summed E-state index contributed by atoms with van der Waals surface area (Å²) < 4.78 is 7.82. The molecule has 0 saturated carbocycles. The van der Waals surface area contributed by atoms with E-state index in [4.69, 9.17) is 15.3 Å². The van der Waals surface area contributed by atoms with Gasteiger partial charge in [0, 0.05) is 11.3 Å².